The third kappa shape index (κ3) is 2.76. The molecule has 0 fully saturated rings. The van der Waals surface area contributed by atoms with Crippen molar-refractivity contribution in [3.63, 3.8) is 0 Å². The molecular formula is C12H12BN3O4S2. The number of nitrogens with two attached hydrogens (primary N) is 1. The molecule has 0 aliphatic carbocycles. The molecule has 10 heteroatoms. The second-order valence-electron chi connectivity index (χ2n) is 4.83. The van der Waals surface area contributed by atoms with Crippen LogP contribution in [0.3, 0.4) is 0 Å². The van der Waals surface area contributed by atoms with Gasteiger partial charge < -0.3 is 20.5 Å². The lowest BCUT2D eigenvalue weighted by atomic mass is 9.77. The van der Waals surface area contributed by atoms with E-state index < -0.39 is 13.1 Å². The van der Waals surface area contributed by atoms with Crippen LogP contribution in [0.1, 0.15) is 21.5 Å². The molecule has 4 N–H and O–H groups in total. The molecule has 1 unspecified atom stereocenters. The zero-order valence-electron chi connectivity index (χ0n) is 11.5. The molecule has 1 aliphatic rings. The number of hydrogen-bond acceptors (Lipinski definition) is 8. The normalized spacial score (nSPS) is 17.0. The van der Waals surface area contributed by atoms with Crippen molar-refractivity contribution in [1.29, 1.82) is 0 Å². The van der Waals surface area contributed by atoms with Gasteiger partial charge in [0.2, 0.25) is 5.13 Å². The van der Waals surface area contributed by atoms with Gasteiger partial charge in [-0.3, -0.25) is 0 Å². The average Bonchev–Trinajstić information content (AvgIpc) is 2.85. The minimum atomic E-state index is -1.12. The smallest absolute Gasteiger partial charge is 0.535 e. The van der Waals surface area contributed by atoms with Crippen molar-refractivity contribution in [1.82, 2.24) is 10.2 Å². The maximum absolute atomic E-state index is 11.4. The van der Waals surface area contributed by atoms with E-state index in [-0.39, 0.29) is 16.5 Å². The van der Waals surface area contributed by atoms with Gasteiger partial charge in [-0.1, -0.05) is 35.2 Å². The second kappa shape index (κ2) is 5.78. The van der Waals surface area contributed by atoms with Crippen LogP contribution in [0.4, 0.5) is 5.13 Å². The summed E-state index contributed by atoms with van der Waals surface area (Å²) in [6.07, 6.45) is 0.473. The first kappa shape index (κ1) is 15.1. The summed E-state index contributed by atoms with van der Waals surface area (Å²) in [5, 5.41) is 27.2. The Morgan fingerprint density at radius 1 is 1.55 bits per heavy atom. The molecular weight excluding hydrogens is 325 g/mol. The summed E-state index contributed by atoms with van der Waals surface area (Å²) < 4.78 is 6.11. The van der Waals surface area contributed by atoms with E-state index in [1.165, 1.54) is 23.1 Å². The highest BCUT2D eigenvalue weighted by molar-refractivity contribution is 8.02. The molecule has 1 aromatic carbocycles. The fourth-order valence-electron chi connectivity index (χ4n) is 2.30. The third-order valence-corrected chi connectivity index (χ3v) is 5.38. The van der Waals surface area contributed by atoms with E-state index >= 15 is 0 Å². The summed E-state index contributed by atoms with van der Waals surface area (Å²) in [4.78, 5) is 11.4. The average molecular weight is 337 g/mol. The predicted octanol–water partition coefficient (Wildman–Crippen LogP) is 1.24. The lowest BCUT2D eigenvalue weighted by molar-refractivity contribution is 0.0693. The summed E-state index contributed by atoms with van der Waals surface area (Å²) >= 11 is 2.55. The van der Waals surface area contributed by atoms with E-state index in [4.69, 9.17) is 10.4 Å². The summed E-state index contributed by atoms with van der Waals surface area (Å²) in [7, 11) is -1.12. The Bertz CT molecular complexity index is 739. The quantitative estimate of drug-likeness (QED) is 0.716. The van der Waals surface area contributed by atoms with Crippen LogP contribution in [-0.2, 0) is 6.42 Å². The Balaban J connectivity index is 1.89. The lowest BCUT2D eigenvalue weighted by Crippen LogP contribution is -2.40. The minimum absolute atomic E-state index is 0.0974. The Hall–Kier alpha value is -1.78. The van der Waals surface area contributed by atoms with Gasteiger partial charge >= 0.3 is 13.1 Å². The molecule has 3 rings (SSSR count). The molecule has 0 spiro atoms. The van der Waals surface area contributed by atoms with Crippen LogP contribution in [0.15, 0.2) is 16.5 Å². The van der Waals surface area contributed by atoms with Crippen molar-refractivity contribution < 1.29 is 19.6 Å². The number of aryl methyl sites for hydroxylation is 1. The molecule has 22 heavy (non-hydrogen) atoms. The van der Waals surface area contributed by atoms with Crippen LogP contribution in [0.2, 0.25) is 0 Å². The summed E-state index contributed by atoms with van der Waals surface area (Å²) in [5.74, 6) is -0.821. The van der Waals surface area contributed by atoms with E-state index in [1.54, 1.807) is 13.0 Å². The maximum Gasteiger partial charge on any atom is 0.537 e. The molecule has 2 aromatic rings. The number of rotatable bonds is 3. The number of benzene rings is 1. The maximum atomic E-state index is 11.4. The molecule has 0 bridgehead atoms. The van der Waals surface area contributed by atoms with Gasteiger partial charge in [0.25, 0.3) is 0 Å². The largest absolute Gasteiger partial charge is 0.537 e. The molecule has 0 saturated carbocycles. The van der Waals surface area contributed by atoms with Gasteiger partial charge in [-0.25, -0.2) is 4.79 Å². The number of aromatic nitrogens is 2. The fourth-order valence-corrected chi connectivity index (χ4v) is 4.24. The van der Waals surface area contributed by atoms with Crippen LogP contribution in [0, 0.1) is 6.92 Å². The van der Waals surface area contributed by atoms with Crippen LogP contribution in [0.5, 0.6) is 5.75 Å². The van der Waals surface area contributed by atoms with Gasteiger partial charge in [0.1, 0.15) is 11.3 Å². The van der Waals surface area contributed by atoms with Crippen LogP contribution >= 0.6 is 23.1 Å². The minimum Gasteiger partial charge on any atom is -0.535 e. The monoisotopic (exact) mass is 337 g/mol. The Labute approximate surface area is 134 Å². The lowest BCUT2D eigenvalue weighted by Gasteiger charge is -2.27. The number of carbonyl (C=O) groups is 1. The van der Waals surface area contributed by atoms with Gasteiger partial charge in [0.05, 0.1) is 5.15 Å². The van der Waals surface area contributed by atoms with Crippen molar-refractivity contribution in [3.05, 3.63) is 28.8 Å². The Morgan fingerprint density at radius 3 is 2.95 bits per heavy atom. The van der Waals surface area contributed by atoms with Gasteiger partial charge in [0.15, 0.2) is 4.34 Å². The fraction of sp³-hybridized carbons (Fsp3) is 0.250. The van der Waals surface area contributed by atoms with E-state index in [2.05, 4.69) is 10.2 Å². The van der Waals surface area contributed by atoms with Crippen LogP contribution in [0.25, 0.3) is 0 Å². The first-order valence-corrected chi connectivity index (χ1v) is 8.11. The topological polar surface area (TPSA) is 119 Å². The van der Waals surface area contributed by atoms with E-state index in [1.807, 2.05) is 6.07 Å². The molecule has 2 heterocycles. The highest BCUT2D eigenvalue weighted by Gasteiger charge is 2.38. The zero-order valence-corrected chi connectivity index (χ0v) is 13.1. The number of carboxylic acids is 1. The summed E-state index contributed by atoms with van der Waals surface area (Å²) in [6, 6.07) is 3.57. The summed E-state index contributed by atoms with van der Waals surface area (Å²) in [6.45, 7) is 1.70. The van der Waals surface area contributed by atoms with Crippen molar-refractivity contribution >= 4 is 41.3 Å². The van der Waals surface area contributed by atoms with Crippen molar-refractivity contribution in [3.8, 4) is 5.75 Å². The first-order chi connectivity index (χ1) is 10.5. The number of fused-ring (bicyclic) bond motifs is 1. The number of carboxylic acid groups (broad SMARTS) is 1. The highest BCUT2D eigenvalue weighted by atomic mass is 32.2. The number of aromatic carboxylic acids is 1. The van der Waals surface area contributed by atoms with Crippen molar-refractivity contribution in [2.45, 2.75) is 22.8 Å². The Morgan fingerprint density at radius 2 is 2.32 bits per heavy atom. The molecule has 114 valence electrons. The number of anilines is 1. The van der Waals surface area contributed by atoms with Gasteiger partial charge in [0, 0.05) is 0 Å². The number of nitrogen functional groups attached to an aromatic ring is 1. The van der Waals surface area contributed by atoms with E-state index in [0.717, 1.165) is 5.56 Å². The van der Waals surface area contributed by atoms with Gasteiger partial charge in [-0.05, 0) is 24.5 Å². The number of hydrogen-bond donors (Lipinski definition) is 3. The molecule has 0 saturated heterocycles. The van der Waals surface area contributed by atoms with E-state index in [9.17, 15) is 14.9 Å². The third-order valence-electron chi connectivity index (χ3n) is 3.31. The first-order valence-electron chi connectivity index (χ1n) is 6.42. The summed E-state index contributed by atoms with van der Waals surface area (Å²) in [5.41, 5.74) is 6.99. The zero-order chi connectivity index (χ0) is 15.9. The molecule has 1 atom stereocenters. The van der Waals surface area contributed by atoms with Gasteiger partial charge in [-0.2, -0.15) is 0 Å². The van der Waals surface area contributed by atoms with Gasteiger partial charge in [-0.15, -0.1) is 10.2 Å². The van der Waals surface area contributed by atoms with Crippen LogP contribution < -0.4 is 10.4 Å². The van der Waals surface area contributed by atoms with Crippen molar-refractivity contribution in [2.24, 2.45) is 0 Å². The molecule has 1 aromatic heterocycles. The molecule has 1 aliphatic heterocycles. The molecule has 0 amide bonds. The Kier molecular flexibility index (Phi) is 3.98. The second-order valence-corrected chi connectivity index (χ2v) is 7.32. The van der Waals surface area contributed by atoms with E-state index in [0.29, 0.717) is 21.5 Å². The predicted molar refractivity (Wildman–Crippen MR) is 84.4 cm³/mol. The number of thioether (sulfide) groups is 1. The van der Waals surface area contributed by atoms with Crippen molar-refractivity contribution in [2.75, 3.05) is 5.73 Å². The standard InChI is InChI=1S/C12H12BN3O4S2/c1-5-2-3-6-4-7(21-12-16-15-11(14)22-12)13(19)20-9(6)8(5)10(17)18/h2-3,7,19H,4H2,1H3,(H2,14,15)(H,17,18). The highest BCUT2D eigenvalue weighted by Crippen LogP contribution is 2.38. The molecule has 7 nitrogen and oxygen atoms in total. The van der Waals surface area contributed by atoms with Crippen LogP contribution in [-0.4, -0.2) is 38.6 Å². The number of nitrogens with zero attached hydrogens (tertiary/aromatic N) is 2. The SMILES string of the molecule is Cc1ccc2c(c1C(=O)O)OB(O)C(Sc1nnc(N)s1)C2. The molecule has 0 radical (unpaired) electrons.